The summed E-state index contributed by atoms with van der Waals surface area (Å²) >= 11 is 0. The highest BCUT2D eigenvalue weighted by Gasteiger charge is 2.32. The fourth-order valence-corrected chi connectivity index (χ4v) is 3.41. The van der Waals surface area contributed by atoms with Gasteiger partial charge in [0.25, 0.3) is 0 Å². The van der Waals surface area contributed by atoms with E-state index < -0.39 is 0 Å². The van der Waals surface area contributed by atoms with Crippen molar-refractivity contribution in [1.82, 2.24) is 5.43 Å². The minimum atomic E-state index is 0.704. The van der Waals surface area contributed by atoms with Crippen molar-refractivity contribution in [2.24, 2.45) is 5.92 Å². The summed E-state index contributed by atoms with van der Waals surface area (Å²) in [5.74, 6) is 0.891. The molecule has 1 aliphatic heterocycles. The summed E-state index contributed by atoms with van der Waals surface area (Å²) in [5, 5.41) is 5.01. The molecule has 2 atom stereocenters. The fourth-order valence-electron chi connectivity index (χ4n) is 3.41. The molecule has 1 saturated heterocycles. The fraction of sp³-hybridized carbons (Fsp3) is 0.375. The zero-order valence-corrected chi connectivity index (χ0v) is 10.5. The third kappa shape index (κ3) is 1.68. The van der Waals surface area contributed by atoms with Crippen LogP contribution in [0.25, 0.3) is 10.8 Å². The van der Waals surface area contributed by atoms with Crippen molar-refractivity contribution >= 4 is 16.5 Å². The van der Waals surface area contributed by atoms with Gasteiger partial charge >= 0.3 is 0 Å². The standard InChI is InChI=1S/C16H18N2/c1-2-4-14-10-16(8-6-13(14)3-1)18-11-12-5-7-15(9-12)17-18/h1-4,6,8,10,12,15,17H,5,7,9,11H2. The van der Waals surface area contributed by atoms with E-state index in [0.29, 0.717) is 6.04 Å². The molecule has 2 fully saturated rings. The summed E-state index contributed by atoms with van der Waals surface area (Å²) in [6, 6.07) is 16.0. The lowest BCUT2D eigenvalue weighted by Gasteiger charge is -2.34. The Bertz CT molecular complexity index is 566. The van der Waals surface area contributed by atoms with E-state index in [9.17, 15) is 0 Å². The number of nitrogens with one attached hydrogen (secondary N) is 1. The van der Waals surface area contributed by atoms with Crippen molar-refractivity contribution in [1.29, 1.82) is 0 Å². The van der Waals surface area contributed by atoms with Crippen LogP contribution in [0.4, 0.5) is 5.69 Å². The molecule has 0 radical (unpaired) electrons. The summed E-state index contributed by atoms with van der Waals surface area (Å²) in [6.45, 7) is 1.16. The topological polar surface area (TPSA) is 15.3 Å². The van der Waals surface area contributed by atoms with Gasteiger partial charge in [-0.2, -0.15) is 0 Å². The number of hydrazine groups is 1. The number of anilines is 1. The van der Waals surface area contributed by atoms with Crippen LogP contribution in [0.15, 0.2) is 42.5 Å². The lowest BCUT2D eigenvalue weighted by Crippen LogP contribution is -2.49. The Labute approximate surface area is 108 Å². The van der Waals surface area contributed by atoms with E-state index in [1.54, 1.807) is 0 Å². The maximum atomic E-state index is 3.66. The molecule has 2 bridgehead atoms. The molecule has 2 heteroatoms. The summed E-state index contributed by atoms with van der Waals surface area (Å²) in [4.78, 5) is 0. The van der Waals surface area contributed by atoms with E-state index in [4.69, 9.17) is 0 Å². The summed E-state index contributed by atoms with van der Waals surface area (Å²) < 4.78 is 0. The van der Waals surface area contributed by atoms with Crippen LogP contribution in [0.1, 0.15) is 19.3 Å². The zero-order valence-electron chi connectivity index (χ0n) is 10.5. The average molecular weight is 238 g/mol. The van der Waals surface area contributed by atoms with Crippen molar-refractivity contribution in [2.75, 3.05) is 11.6 Å². The third-order valence-electron chi connectivity index (χ3n) is 4.37. The first-order valence-corrected chi connectivity index (χ1v) is 6.91. The van der Waals surface area contributed by atoms with Crippen LogP contribution in [0.3, 0.4) is 0 Å². The van der Waals surface area contributed by atoms with E-state index in [-0.39, 0.29) is 0 Å². The second kappa shape index (κ2) is 3.99. The second-order valence-corrected chi connectivity index (χ2v) is 5.65. The van der Waals surface area contributed by atoms with Crippen LogP contribution in [0, 0.1) is 5.92 Å². The Morgan fingerprint density at radius 3 is 2.78 bits per heavy atom. The molecule has 1 aliphatic carbocycles. The van der Waals surface area contributed by atoms with Crippen LogP contribution in [0.2, 0.25) is 0 Å². The molecule has 1 saturated carbocycles. The average Bonchev–Trinajstić information content (AvgIpc) is 2.77. The Morgan fingerprint density at radius 2 is 1.89 bits per heavy atom. The molecule has 2 nitrogen and oxygen atoms in total. The van der Waals surface area contributed by atoms with Gasteiger partial charge in [-0.15, -0.1) is 0 Å². The zero-order chi connectivity index (χ0) is 11.9. The lowest BCUT2D eigenvalue weighted by atomic mass is 10.1. The molecular weight excluding hydrogens is 220 g/mol. The molecule has 2 aromatic carbocycles. The van der Waals surface area contributed by atoms with Crippen molar-refractivity contribution < 1.29 is 0 Å². The van der Waals surface area contributed by atoms with Gasteiger partial charge < -0.3 is 5.01 Å². The normalized spacial score (nSPS) is 26.8. The summed E-state index contributed by atoms with van der Waals surface area (Å²) in [5.41, 5.74) is 4.97. The SMILES string of the molecule is c1ccc2cc(N3CC4CCC(C4)N3)ccc2c1. The van der Waals surface area contributed by atoms with Crippen LogP contribution < -0.4 is 10.4 Å². The molecule has 1 heterocycles. The quantitative estimate of drug-likeness (QED) is 0.819. The van der Waals surface area contributed by atoms with Gasteiger partial charge in [-0.1, -0.05) is 30.3 Å². The van der Waals surface area contributed by atoms with E-state index in [0.717, 1.165) is 12.5 Å². The second-order valence-electron chi connectivity index (χ2n) is 5.65. The first kappa shape index (κ1) is 10.4. The maximum Gasteiger partial charge on any atom is 0.0526 e. The Balaban J connectivity index is 1.70. The number of benzene rings is 2. The van der Waals surface area contributed by atoms with Crippen molar-refractivity contribution in [2.45, 2.75) is 25.3 Å². The Morgan fingerprint density at radius 1 is 1.00 bits per heavy atom. The molecule has 1 N–H and O–H groups in total. The minimum Gasteiger partial charge on any atom is -0.308 e. The Kier molecular flexibility index (Phi) is 2.30. The van der Waals surface area contributed by atoms with Crippen LogP contribution in [-0.2, 0) is 0 Å². The molecule has 18 heavy (non-hydrogen) atoms. The predicted octanol–water partition coefficient (Wildman–Crippen LogP) is 3.33. The molecule has 92 valence electrons. The van der Waals surface area contributed by atoms with Gasteiger partial charge in [-0.05, 0) is 48.1 Å². The van der Waals surface area contributed by atoms with Gasteiger partial charge in [0.1, 0.15) is 0 Å². The van der Waals surface area contributed by atoms with E-state index >= 15 is 0 Å². The van der Waals surface area contributed by atoms with Crippen LogP contribution in [-0.4, -0.2) is 12.6 Å². The number of hydrogen-bond acceptors (Lipinski definition) is 2. The van der Waals surface area contributed by atoms with Gasteiger partial charge in [-0.3, -0.25) is 0 Å². The van der Waals surface area contributed by atoms with Gasteiger partial charge in [-0.25, -0.2) is 5.43 Å². The highest BCUT2D eigenvalue weighted by Crippen LogP contribution is 2.33. The van der Waals surface area contributed by atoms with E-state index in [1.165, 1.54) is 35.7 Å². The van der Waals surface area contributed by atoms with E-state index in [1.807, 2.05) is 0 Å². The molecule has 2 unspecified atom stereocenters. The van der Waals surface area contributed by atoms with Gasteiger partial charge in [0.15, 0.2) is 0 Å². The molecule has 4 rings (SSSR count). The van der Waals surface area contributed by atoms with Crippen molar-refractivity contribution in [3.63, 3.8) is 0 Å². The number of nitrogens with zero attached hydrogens (tertiary/aromatic N) is 1. The van der Waals surface area contributed by atoms with E-state index in [2.05, 4.69) is 52.9 Å². The monoisotopic (exact) mass is 238 g/mol. The third-order valence-corrected chi connectivity index (χ3v) is 4.37. The largest absolute Gasteiger partial charge is 0.308 e. The smallest absolute Gasteiger partial charge is 0.0526 e. The summed E-state index contributed by atoms with van der Waals surface area (Å²) in [6.07, 6.45) is 4.10. The van der Waals surface area contributed by atoms with Crippen LogP contribution >= 0.6 is 0 Å². The number of fused-ring (bicyclic) bond motifs is 3. The highest BCUT2D eigenvalue weighted by molar-refractivity contribution is 5.85. The van der Waals surface area contributed by atoms with Crippen molar-refractivity contribution in [3.05, 3.63) is 42.5 Å². The Hall–Kier alpha value is -1.54. The molecular formula is C16H18N2. The molecule has 2 aliphatic rings. The maximum absolute atomic E-state index is 3.66. The van der Waals surface area contributed by atoms with Gasteiger partial charge in [0, 0.05) is 12.6 Å². The summed E-state index contributed by atoms with van der Waals surface area (Å²) in [7, 11) is 0. The molecule has 0 amide bonds. The minimum absolute atomic E-state index is 0.704. The highest BCUT2D eigenvalue weighted by atomic mass is 15.5. The number of rotatable bonds is 1. The molecule has 2 aromatic rings. The van der Waals surface area contributed by atoms with Crippen molar-refractivity contribution in [3.8, 4) is 0 Å². The first-order valence-electron chi connectivity index (χ1n) is 6.91. The van der Waals surface area contributed by atoms with Gasteiger partial charge in [0.05, 0.1) is 5.69 Å². The lowest BCUT2D eigenvalue weighted by molar-refractivity contribution is 0.393. The number of hydrogen-bond donors (Lipinski definition) is 1. The molecule has 0 aromatic heterocycles. The molecule has 0 spiro atoms. The van der Waals surface area contributed by atoms with Crippen LogP contribution in [0.5, 0.6) is 0 Å². The first-order chi connectivity index (χ1) is 8.88. The van der Waals surface area contributed by atoms with Gasteiger partial charge in [0.2, 0.25) is 0 Å². The predicted molar refractivity (Wildman–Crippen MR) is 75.6 cm³/mol.